The van der Waals surface area contributed by atoms with Crippen LogP contribution in [-0.4, -0.2) is 100 Å². The van der Waals surface area contributed by atoms with Gasteiger partial charge in [-0.3, -0.25) is 24.0 Å². The molecule has 2 aliphatic carbocycles. The Morgan fingerprint density at radius 2 is 1.48 bits per heavy atom. The fraction of sp³-hybridized carbons (Fsp3) is 0.638. The number of aliphatic hydroxyl groups excluding tert-OH is 1. The fourth-order valence-electron chi connectivity index (χ4n) is 8.81. The van der Waals surface area contributed by atoms with Crippen molar-refractivity contribution in [1.82, 2.24) is 5.32 Å². The number of Topliss-reactive ketones (excluding diaryl/α,β-unsaturated/α-hetero) is 1. The van der Waals surface area contributed by atoms with Crippen molar-refractivity contribution in [3.8, 4) is 17.2 Å². The number of nitrogens with one attached hydrogen (secondary N) is 1. The number of benzene rings is 2. The molecule has 0 bridgehead atoms. The maximum atomic E-state index is 14.0. The quantitative estimate of drug-likeness (QED) is 0.0348. The molecule has 0 aromatic heterocycles. The number of hydrogen-bond acceptors (Lipinski definition) is 14. The first-order valence-corrected chi connectivity index (χ1v) is 22.5. The van der Waals surface area contributed by atoms with Crippen molar-refractivity contribution in [3.05, 3.63) is 51.6 Å². The number of aliphatic hydroxyl groups is 2. The molecule has 0 saturated carbocycles. The molecule has 5 rings (SSSR count). The van der Waals surface area contributed by atoms with E-state index < -0.39 is 102 Å². The second kappa shape index (κ2) is 22.8. The summed E-state index contributed by atoms with van der Waals surface area (Å²) in [6, 6.07) is 3.56. The Balaban J connectivity index is 1.16. The number of ether oxygens (including phenoxy) is 4. The van der Waals surface area contributed by atoms with Crippen LogP contribution in [0.3, 0.4) is 0 Å². The summed E-state index contributed by atoms with van der Waals surface area (Å²) in [5.74, 6) is -5.14. The number of carbonyl (C=O) groups excluding carboxylic acids is 5. The Morgan fingerprint density at radius 1 is 0.871 bits per heavy atom. The highest BCUT2D eigenvalue weighted by Gasteiger charge is 2.50. The van der Waals surface area contributed by atoms with Crippen LogP contribution in [-0.2, 0) is 35.0 Å². The van der Waals surface area contributed by atoms with Gasteiger partial charge >= 0.3 is 5.97 Å². The van der Waals surface area contributed by atoms with E-state index in [9.17, 15) is 44.4 Å². The summed E-state index contributed by atoms with van der Waals surface area (Å²) in [5, 5.41) is 48.6. The maximum Gasteiger partial charge on any atom is 0.306 e. The highest BCUT2D eigenvalue weighted by atomic mass is 16.7. The van der Waals surface area contributed by atoms with Crippen LogP contribution in [0.2, 0.25) is 0 Å². The van der Waals surface area contributed by atoms with Gasteiger partial charge in [0.2, 0.25) is 17.5 Å². The Hall–Kier alpha value is -4.41. The number of fused-ring (bicyclic) bond motifs is 3. The van der Waals surface area contributed by atoms with Crippen molar-refractivity contribution in [2.75, 3.05) is 20.3 Å². The van der Waals surface area contributed by atoms with Crippen molar-refractivity contribution in [2.45, 2.75) is 172 Å². The first-order chi connectivity index (χ1) is 29.7. The lowest BCUT2D eigenvalue weighted by atomic mass is 9.72. The molecule has 0 unspecified atom stereocenters. The van der Waals surface area contributed by atoms with Gasteiger partial charge < -0.3 is 50.4 Å². The number of hydrogen-bond donors (Lipinski definition) is 6. The standard InChI is InChI=1S/C47H66N2O13/c1-4-5-6-7-8-9-10-11-12-13-14-15-16-17-23-49-35(51)21-22-36(52)60-27-34(50)47(58)25-30-39(33(26-47)62-37-24-31(48)42(53)28(2)61-37)46(57)41-40(44(30)55)43(54)29-19-18-20-32(59-3)38(29)45(41)56/h18-20,28,31,33,37,42,53,55,57-58H,4-17,21-27,48H2,1-3H3,(H,49,51)/t28-,31-,33-,37-,42+,47-/m0/s1. The SMILES string of the molecule is CCCCCCCCCCCCCCCCNC(=O)CCC(=O)OCC(=O)[C@]1(O)Cc2c(O)c3c(c(O)c2[C@@H](O[C@H]2C[C@H](N)[C@H](O)[C@H](C)O2)C1)C(=O)c1c(OC)cccc1C3=O. The van der Waals surface area contributed by atoms with E-state index >= 15 is 0 Å². The molecule has 6 atom stereocenters. The molecule has 1 amide bonds. The maximum absolute atomic E-state index is 14.0. The predicted molar refractivity (Wildman–Crippen MR) is 228 cm³/mol. The number of phenols is 2. The molecule has 7 N–H and O–H groups in total. The van der Waals surface area contributed by atoms with Gasteiger partial charge in [-0.15, -0.1) is 0 Å². The average molecular weight is 867 g/mol. The van der Waals surface area contributed by atoms with Gasteiger partial charge in [-0.1, -0.05) is 103 Å². The number of phenolic OH excluding ortho intramolecular Hbond substituents is 2. The lowest BCUT2D eigenvalue weighted by Crippen LogP contribution is -2.53. The lowest BCUT2D eigenvalue weighted by Gasteiger charge is -2.42. The van der Waals surface area contributed by atoms with E-state index in [0.717, 1.165) is 19.3 Å². The number of amides is 1. The zero-order valence-electron chi connectivity index (χ0n) is 36.5. The molecular formula is C47H66N2O13. The van der Waals surface area contributed by atoms with Crippen LogP contribution in [0.4, 0.5) is 0 Å². The summed E-state index contributed by atoms with van der Waals surface area (Å²) in [5.41, 5.74) is 2.12. The summed E-state index contributed by atoms with van der Waals surface area (Å²) in [6.07, 6.45) is 11.1. The van der Waals surface area contributed by atoms with Crippen LogP contribution in [0.1, 0.15) is 178 Å². The van der Waals surface area contributed by atoms with Crippen LogP contribution >= 0.6 is 0 Å². The van der Waals surface area contributed by atoms with Gasteiger partial charge in [0.25, 0.3) is 0 Å². The molecule has 0 radical (unpaired) electrons. The molecule has 1 aliphatic heterocycles. The number of rotatable bonds is 24. The number of methoxy groups -OCH3 is 1. The molecule has 1 saturated heterocycles. The molecule has 1 fully saturated rings. The van der Waals surface area contributed by atoms with Gasteiger partial charge in [0.1, 0.15) is 22.8 Å². The molecule has 342 valence electrons. The number of aromatic hydroxyl groups is 2. The smallest absolute Gasteiger partial charge is 0.306 e. The van der Waals surface area contributed by atoms with Gasteiger partial charge in [-0.25, -0.2) is 0 Å². The van der Waals surface area contributed by atoms with Gasteiger partial charge in [-0.2, -0.15) is 0 Å². The van der Waals surface area contributed by atoms with Crippen molar-refractivity contribution >= 4 is 29.2 Å². The van der Waals surface area contributed by atoms with E-state index in [0.29, 0.717) is 6.54 Å². The Kier molecular flexibility index (Phi) is 17.9. The summed E-state index contributed by atoms with van der Waals surface area (Å²) in [4.78, 5) is 66.7. The van der Waals surface area contributed by atoms with Crippen molar-refractivity contribution in [3.63, 3.8) is 0 Å². The second-order valence-electron chi connectivity index (χ2n) is 17.1. The number of carbonyl (C=O) groups is 5. The third-order valence-electron chi connectivity index (χ3n) is 12.4. The minimum Gasteiger partial charge on any atom is -0.507 e. The summed E-state index contributed by atoms with van der Waals surface area (Å²) in [6.45, 7) is 3.41. The Labute approximate surface area is 364 Å². The monoisotopic (exact) mass is 866 g/mol. The fourth-order valence-corrected chi connectivity index (χ4v) is 8.81. The third kappa shape index (κ3) is 11.8. The largest absolute Gasteiger partial charge is 0.507 e. The predicted octanol–water partition coefficient (Wildman–Crippen LogP) is 5.93. The topological polar surface area (TPSA) is 241 Å². The molecule has 3 aliphatic rings. The van der Waals surface area contributed by atoms with E-state index in [1.54, 1.807) is 6.92 Å². The van der Waals surface area contributed by atoms with E-state index in [2.05, 4.69) is 12.2 Å². The number of esters is 1. The molecule has 15 nitrogen and oxygen atoms in total. The summed E-state index contributed by atoms with van der Waals surface area (Å²) >= 11 is 0. The van der Waals surface area contributed by atoms with Crippen LogP contribution < -0.4 is 15.8 Å². The molecule has 1 heterocycles. The molecule has 15 heteroatoms. The van der Waals surface area contributed by atoms with Gasteiger partial charge in [0.15, 0.2) is 18.7 Å². The summed E-state index contributed by atoms with van der Waals surface area (Å²) < 4.78 is 22.5. The Bertz CT molecular complexity index is 1900. The minimum atomic E-state index is -2.38. The molecular weight excluding hydrogens is 801 g/mol. The number of unbranched alkanes of at least 4 members (excludes halogenated alkanes) is 13. The average Bonchev–Trinajstić information content (AvgIpc) is 3.25. The highest BCUT2D eigenvalue weighted by molar-refractivity contribution is 6.31. The first kappa shape index (κ1) is 48.6. The molecule has 2 aromatic rings. The van der Waals surface area contributed by atoms with E-state index in [4.69, 9.17) is 24.7 Å². The van der Waals surface area contributed by atoms with Gasteiger partial charge in [-0.05, 0) is 19.4 Å². The zero-order chi connectivity index (χ0) is 45.0. The first-order valence-electron chi connectivity index (χ1n) is 22.5. The van der Waals surface area contributed by atoms with Crippen LogP contribution in [0, 0.1) is 0 Å². The Morgan fingerprint density at radius 3 is 2.10 bits per heavy atom. The van der Waals surface area contributed by atoms with Crippen molar-refractivity contribution in [2.24, 2.45) is 5.73 Å². The molecule has 0 spiro atoms. The number of nitrogens with two attached hydrogens (primary N) is 1. The van der Waals surface area contributed by atoms with Crippen molar-refractivity contribution < 1.29 is 63.3 Å². The van der Waals surface area contributed by atoms with E-state index in [1.807, 2.05) is 0 Å². The zero-order valence-corrected chi connectivity index (χ0v) is 36.5. The van der Waals surface area contributed by atoms with Gasteiger partial charge in [0.05, 0.1) is 48.5 Å². The van der Waals surface area contributed by atoms with E-state index in [-0.39, 0.29) is 53.2 Å². The minimum absolute atomic E-state index is 0.0337. The highest BCUT2D eigenvalue weighted by Crippen LogP contribution is 2.52. The van der Waals surface area contributed by atoms with E-state index in [1.165, 1.54) is 95.9 Å². The normalized spacial score (nSPS) is 23.0. The van der Waals surface area contributed by atoms with Crippen LogP contribution in [0.25, 0.3) is 0 Å². The van der Waals surface area contributed by atoms with Crippen LogP contribution in [0.15, 0.2) is 18.2 Å². The molecule has 2 aromatic carbocycles. The lowest BCUT2D eigenvalue weighted by molar-refractivity contribution is -0.247. The van der Waals surface area contributed by atoms with Crippen molar-refractivity contribution in [1.29, 1.82) is 0 Å². The van der Waals surface area contributed by atoms with Crippen LogP contribution in [0.5, 0.6) is 17.2 Å². The van der Waals surface area contributed by atoms with Gasteiger partial charge in [0, 0.05) is 55.0 Å². The molecule has 62 heavy (non-hydrogen) atoms. The second-order valence-corrected chi connectivity index (χ2v) is 17.1. The third-order valence-corrected chi connectivity index (χ3v) is 12.4. The number of ketones is 3. The summed E-state index contributed by atoms with van der Waals surface area (Å²) in [7, 11) is 1.32.